The zero-order valence-corrected chi connectivity index (χ0v) is 20.3. The van der Waals surface area contributed by atoms with E-state index in [9.17, 15) is 26.9 Å². The molecule has 11 heteroatoms. The smallest absolute Gasteiger partial charge is 0.406 e. The molecular formula is C24H25F3N4O3S. The predicted octanol–water partition coefficient (Wildman–Crippen LogP) is 5.67. The number of halogens is 3. The van der Waals surface area contributed by atoms with Crippen LogP contribution in [0, 0.1) is 11.3 Å². The number of sulfonamides is 1. The maximum atomic E-state index is 12.8. The van der Waals surface area contributed by atoms with Crippen molar-refractivity contribution in [2.24, 2.45) is 0 Å². The number of nitriles is 1. The zero-order valence-electron chi connectivity index (χ0n) is 19.5. The van der Waals surface area contributed by atoms with E-state index >= 15 is 0 Å². The Bertz CT molecular complexity index is 1390. The lowest BCUT2D eigenvalue weighted by Crippen LogP contribution is -2.40. The van der Waals surface area contributed by atoms with E-state index in [1.165, 1.54) is 36.5 Å². The second kappa shape index (κ2) is 8.84. The van der Waals surface area contributed by atoms with Gasteiger partial charge in [0.25, 0.3) is 0 Å². The van der Waals surface area contributed by atoms with Crippen LogP contribution in [0.15, 0.2) is 41.4 Å². The molecular weight excluding hydrogens is 481 g/mol. The first kappa shape index (κ1) is 25.0. The first-order valence-electron chi connectivity index (χ1n) is 11.1. The van der Waals surface area contributed by atoms with Gasteiger partial charge in [-0.3, -0.25) is 4.98 Å². The van der Waals surface area contributed by atoms with Crippen molar-refractivity contribution in [1.29, 1.82) is 5.26 Å². The Hall–Kier alpha value is -3.10. The first-order valence-corrected chi connectivity index (χ1v) is 12.6. The molecule has 4 rings (SSSR count). The zero-order chi connectivity index (χ0) is 25.6. The Morgan fingerprint density at radius 3 is 2.37 bits per heavy atom. The van der Waals surface area contributed by atoms with Crippen LogP contribution in [-0.2, 0) is 10.0 Å². The van der Waals surface area contributed by atoms with E-state index in [0.29, 0.717) is 22.3 Å². The number of nitrogens with one attached hydrogen (secondary N) is 1. The summed E-state index contributed by atoms with van der Waals surface area (Å²) in [6.45, 7) is 5.17. The molecule has 1 saturated carbocycles. The maximum absolute atomic E-state index is 12.8. The summed E-state index contributed by atoms with van der Waals surface area (Å²) in [5.41, 5.74) is 0.833. The Morgan fingerprint density at radius 1 is 1.14 bits per heavy atom. The Balaban J connectivity index is 1.88. The van der Waals surface area contributed by atoms with E-state index in [1.54, 1.807) is 20.8 Å². The van der Waals surface area contributed by atoms with Gasteiger partial charge in [0.05, 0.1) is 22.5 Å². The van der Waals surface area contributed by atoms with Gasteiger partial charge in [-0.15, -0.1) is 13.2 Å². The number of hydrogen-bond acceptors (Lipinski definition) is 5. The normalized spacial score (nSPS) is 15.5. The number of hydrogen-bond donors (Lipinski definition) is 1. The number of benzene rings is 1. The van der Waals surface area contributed by atoms with Crippen LogP contribution in [0.1, 0.15) is 58.1 Å². The van der Waals surface area contributed by atoms with Crippen LogP contribution in [-0.4, -0.2) is 29.9 Å². The van der Waals surface area contributed by atoms with Gasteiger partial charge < -0.3 is 9.30 Å². The average molecular weight is 507 g/mol. The number of pyridine rings is 1. The number of nitrogens with zero attached hydrogens (tertiary/aromatic N) is 3. The highest BCUT2D eigenvalue weighted by Gasteiger charge is 2.32. The topological polar surface area (TPSA) is 97.0 Å². The van der Waals surface area contributed by atoms with Gasteiger partial charge in [0, 0.05) is 29.2 Å². The van der Waals surface area contributed by atoms with Crippen LogP contribution < -0.4 is 9.46 Å². The molecule has 3 aromatic rings. The van der Waals surface area contributed by atoms with E-state index < -0.39 is 21.9 Å². The molecule has 1 aromatic carbocycles. The summed E-state index contributed by atoms with van der Waals surface area (Å²) in [6.07, 6.45) is -0.119. The molecule has 0 aliphatic heterocycles. The van der Waals surface area contributed by atoms with E-state index in [2.05, 4.69) is 20.5 Å². The molecule has 0 bridgehead atoms. The van der Waals surface area contributed by atoms with Crippen LogP contribution in [0.4, 0.5) is 13.2 Å². The van der Waals surface area contributed by atoms with Gasteiger partial charge in [0.15, 0.2) is 0 Å². The van der Waals surface area contributed by atoms with Gasteiger partial charge >= 0.3 is 6.36 Å². The van der Waals surface area contributed by atoms with Gasteiger partial charge in [-0.05, 0) is 57.9 Å². The Labute approximate surface area is 201 Å². The fraction of sp³-hybridized carbons (Fsp3) is 0.417. The molecule has 1 N–H and O–H groups in total. The van der Waals surface area contributed by atoms with Crippen molar-refractivity contribution in [3.63, 3.8) is 0 Å². The summed E-state index contributed by atoms with van der Waals surface area (Å²) in [5, 5.41) is 10.5. The minimum atomic E-state index is -4.84. The highest BCUT2D eigenvalue weighted by atomic mass is 32.2. The minimum Gasteiger partial charge on any atom is -0.406 e. The maximum Gasteiger partial charge on any atom is 0.573 e. The van der Waals surface area contributed by atoms with Crippen LogP contribution in [0.25, 0.3) is 22.3 Å². The van der Waals surface area contributed by atoms with Gasteiger partial charge in [0.1, 0.15) is 16.7 Å². The average Bonchev–Trinajstić information content (AvgIpc) is 3.36. The molecule has 1 fully saturated rings. The summed E-state index contributed by atoms with van der Waals surface area (Å²) in [4.78, 5) is 4.33. The molecule has 0 spiro atoms. The van der Waals surface area contributed by atoms with Gasteiger partial charge in [-0.2, -0.15) is 5.26 Å². The number of rotatable bonds is 5. The third-order valence-corrected chi connectivity index (χ3v) is 7.48. The van der Waals surface area contributed by atoms with Crippen LogP contribution in [0.5, 0.6) is 5.75 Å². The van der Waals surface area contributed by atoms with Crippen molar-refractivity contribution in [2.45, 2.75) is 69.3 Å². The molecule has 2 heterocycles. The van der Waals surface area contributed by atoms with Crippen molar-refractivity contribution in [1.82, 2.24) is 14.3 Å². The van der Waals surface area contributed by atoms with Crippen LogP contribution in [0.2, 0.25) is 0 Å². The number of ether oxygens (including phenoxy) is 1. The number of fused-ring (bicyclic) bond motifs is 1. The lowest BCUT2D eigenvalue weighted by atomic mass is 10.1. The standard InChI is InChI=1S/C24H25F3N4O3S/c1-23(2,3)30-35(32,33)17-9-11-20(29-14-17)22-19(13-28)18-10-8-16(34-24(25,26)27)12-21(18)31(22)15-6-4-5-7-15/h8-12,14-15,30H,4-7H2,1-3H3. The highest BCUT2D eigenvalue weighted by Crippen LogP contribution is 2.42. The lowest BCUT2D eigenvalue weighted by molar-refractivity contribution is -0.274. The SMILES string of the molecule is CC(C)(C)NS(=O)(=O)c1ccc(-c2c(C#N)c3ccc(OC(F)(F)F)cc3n2C2CCCC2)nc1. The van der Waals surface area contributed by atoms with Crippen molar-refractivity contribution >= 4 is 20.9 Å². The van der Waals surface area contributed by atoms with Crippen LogP contribution >= 0.6 is 0 Å². The van der Waals surface area contributed by atoms with Gasteiger partial charge in [-0.25, -0.2) is 13.1 Å². The van der Waals surface area contributed by atoms with Crippen molar-refractivity contribution in [2.75, 3.05) is 0 Å². The summed E-state index contributed by atoms with van der Waals surface area (Å²) < 4.78 is 72.4. The minimum absolute atomic E-state index is 0.0286. The molecule has 35 heavy (non-hydrogen) atoms. The van der Waals surface area contributed by atoms with Gasteiger partial charge in [-0.1, -0.05) is 12.8 Å². The van der Waals surface area contributed by atoms with Crippen molar-refractivity contribution in [3.8, 4) is 23.2 Å². The second-order valence-electron chi connectivity index (χ2n) is 9.61. The van der Waals surface area contributed by atoms with E-state index in [1.807, 2.05) is 4.57 Å². The van der Waals surface area contributed by atoms with Crippen LogP contribution in [0.3, 0.4) is 0 Å². The molecule has 0 amide bonds. The molecule has 186 valence electrons. The third-order valence-electron chi connectivity index (χ3n) is 5.74. The molecule has 1 aliphatic carbocycles. The highest BCUT2D eigenvalue weighted by molar-refractivity contribution is 7.89. The molecule has 1 aliphatic rings. The molecule has 0 atom stereocenters. The Kier molecular flexibility index (Phi) is 6.32. The fourth-order valence-electron chi connectivity index (χ4n) is 4.54. The largest absolute Gasteiger partial charge is 0.573 e. The van der Waals surface area contributed by atoms with Gasteiger partial charge in [0.2, 0.25) is 10.0 Å². The Morgan fingerprint density at radius 2 is 1.83 bits per heavy atom. The molecule has 0 radical (unpaired) electrons. The third kappa shape index (κ3) is 5.28. The fourth-order valence-corrected chi connectivity index (χ4v) is 5.90. The van der Waals surface area contributed by atoms with E-state index in [0.717, 1.165) is 25.7 Å². The van der Waals surface area contributed by atoms with E-state index in [-0.39, 0.29) is 22.3 Å². The monoisotopic (exact) mass is 506 g/mol. The second-order valence-corrected chi connectivity index (χ2v) is 11.3. The number of aromatic nitrogens is 2. The van der Waals surface area contributed by atoms with Crippen molar-refractivity contribution in [3.05, 3.63) is 42.1 Å². The molecule has 0 unspecified atom stereocenters. The molecule has 2 aromatic heterocycles. The van der Waals surface area contributed by atoms with Crippen molar-refractivity contribution < 1.29 is 26.3 Å². The quantitative estimate of drug-likeness (QED) is 0.481. The predicted molar refractivity (Wildman–Crippen MR) is 124 cm³/mol. The lowest BCUT2D eigenvalue weighted by Gasteiger charge is -2.20. The summed E-state index contributed by atoms with van der Waals surface area (Å²) in [7, 11) is -3.81. The molecule has 7 nitrogen and oxygen atoms in total. The number of alkyl halides is 3. The summed E-state index contributed by atoms with van der Waals surface area (Å²) >= 11 is 0. The summed E-state index contributed by atoms with van der Waals surface area (Å²) in [6, 6.07) is 8.97. The summed E-state index contributed by atoms with van der Waals surface area (Å²) in [5.74, 6) is -0.375. The van der Waals surface area contributed by atoms with E-state index in [4.69, 9.17) is 0 Å². The molecule has 0 saturated heterocycles. The first-order chi connectivity index (χ1) is 16.3.